The van der Waals surface area contributed by atoms with Gasteiger partial charge in [0.05, 0.1) is 17.6 Å². The standard InChI is InChI=1S/C42H47BN2Si2/c1-41(2,3)28-14-17-30(18-15-28)44-36-24-16-29(42(4,5)6)26-34(36)43-35-27-33(47(9)10)23-25-37(35)45(39-13-11-12-38(44)40(39)43)31-19-21-32(22-20-31)46(7)8/h11-27H,1-10H3. The van der Waals surface area contributed by atoms with E-state index in [0.717, 1.165) is 0 Å². The summed E-state index contributed by atoms with van der Waals surface area (Å²) in [5.41, 5.74) is 14.7. The predicted octanol–water partition coefficient (Wildman–Crippen LogP) is 8.29. The molecule has 0 N–H and O–H groups in total. The van der Waals surface area contributed by atoms with E-state index in [0.29, 0.717) is 0 Å². The minimum absolute atomic E-state index is 0.0446. The Balaban J connectivity index is 1.53. The van der Waals surface area contributed by atoms with Gasteiger partial charge in [-0.25, -0.2) is 0 Å². The molecule has 2 aliphatic heterocycles. The monoisotopic (exact) mass is 646 g/mol. The Labute approximate surface area is 286 Å². The molecule has 0 aromatic heterocycles. The predicted molar refractivity (Wildman–Crippen MR) is 212 cm³/mol. The van der Waals surface area contributed by atoms with Crippen molar-refractivity contribution in [2.24, 2.45) is 0 Å². The number of anilines is 6. The molecule has 236 valence electrons. The van der Waals surface area contributed by atoms with Crippen LogP contribution in [0.3, 0.4) is 0 Å². The highest BCUT2D eigenvalue weighted by Gasteiger charge is 2.43. The zero-order valence-corrected chi connectivity index (χ0v) is 31.8. The molecule has 5 aromatic carbocycles. The van der Waals surface area contributed by atoms with E-state index >= 15 is 0 Å². The lowest BCUT2D eigenvalue weighted by atomic mass is 9.33. The van der Waals surface area contributed by atoms with Crippen LogP contribution in [0.15, 0.2) is 103 Å². The van der Waals surface area contributed by atoms with Crippen molar-refractivity contribution in [1.82, 2.24) is 0 Å². The summed E-state index contributed by atoms with van der Waals surface area (Å²) in [6, 6.07) is 40.2. The summed E-state index contributed by atoms with van der Waals surface area (Å²) in [7, 11) is -1.17. The van der Waals surface area contributed by atoms with Crippen LogP contribution in [0, 0.1) is 0 Å². The molecule has 2 heterocycles. The zero-order chi connectivity index (χ0) is 33.4. The van der Waals surface area contributed by atoms with Gasteiger partial charge in [0.25, 0.3) is 6.71 Å². The van der Waals surface area contributed by atoms with Gasteiger partial charge >= 0.3 is 0 Å². The lowest BCUT2D eigenvalue weighted by Gasteiger charge is -2.44. The molecule has 0 atom stereocenters. The SMILES string of the molecule is C[Si](C)c1ccc(N2c3ccc([Si](C)C)cc3B3c4cc(C(C)(C)C)ccc4N(c4ccc(C(C)(C)C)cc4)c4cccc2c43)cc1. The van der Waals surface area contributed by atoms with Crippen LogP contribution < -0.4 is 36.6 Å². The van der Waals surface area contributed by atoms with E-state index < -0.39 is 17.6 Å². The van der Waals surface area contributed by atoms with Gasteiger partial charge in [-0.15, -0.1) is 0 Å². The Kier molecular flexibility index (Phi) is 7.72. The van der Waals surface area contributed by atoms with E-state index in [2.05, 4.69) is 181 Å². The van der Waals surface area contributed by atoms with Crippen LogP contribution in [0.1, 0.15) is 52.7 Å². The highest BCUT2D eigenvalue weighted by atomic mass is 28.3. The third-order valence-corrected chi connectivity index (χ3v) is 13.1. The lowest BCUT2D eigenvalue weighted by molar-refractivity contribution is 0.590. The molecule has 47 heavy (non-hydrogen) atoms. The van der Waals surface area contributed by atoms with Gasteiger partial charge in [-0.2, -0.15) is 0 Å². The van der Waals surface area contributed by atoms with Crippen LogP contribution in [0.25, 0.3) is 0 Å². The molecule has 0 fully saturated rings. The number of benzene rings is 5. The van der Waals surface area contributed by atoms with Gasteiger partial charge in [0, 0.05) is 34.1 Å². The summed E-state index contributed by atoms with van der Waals surface area (Å²) in [5, 5.41) is 2.96. The Morgan fingerprint density at radius 2 is 0.915 bits per heavy atom. The topological polar surface area (TPSA) is 6.48 Å². The first-order valence-electron chi connectivity index (χ1n) is 17.1. The van der Waals surface area contributed by atoms with Crippen LogP contribution in [0.4, 0.5) is 34.1 Å². The van der Waals surface area contributed by atoms with Crippen LogP contribution >= 0.6 is 0 Å². The van der Waals surface area contributed by atoms with E-state index in [4.69, 9.17) is 0 Å². The normalized spacial score (nSPS) is 14.0. The molecule has 5 aromatic rings. The van der Waals surface area contributed by atoms with Crippen molar-refractivity contribution >= 4 is 85.2 Å². The van der Waals surface area contributed by atoms with Gasteiger partial charge in [0.2, 0.25) is 0 Å². The first kappa shape index (κ1) is 31.8. The number of hydrogen-bond acceptors (Lipinski definition) is 2. The number of hydrogen-bond donors (Lipinski definition) is 0. The Morgan fingerprint density at radius 1 is 0.468 bits per heavy atom. The number of nitrogens with zero attached hydrogens (tertiary/aromatic N) is 2. The van der Waals surface area contributed by atoms with Crippen molar-refractivity contribution in [3.8, 4) is 0 Å². The first-order valence-corrected chi connectivity index (χ1v) is 22.1. The molecule has 0 saturated carbocycles. The maximum atomic E-state index is 2.55. The van der Waals surface area contributed by atoms with Gasteiger partial charge in [0.1, 0.15) is 0 Å². The minimum atomic E-state index is -0.643. The molecule has 0 bridgehead atoms. The van der Waals surface area contributed by atoms with E-state index in [1.807, 2.05) is 0 Å². The maximum Gasteiger partial charge on any atom is 0.252 e. The maximum absolute atomic E-state index is 2.55. The molecular weight excluding hydrogens is 599 g/mol. The average Bonchev–Trinajstić information content (AvgIpc) is 3.03. The van der Waals surface area contributed by atoms with Crippen molar-refractivity contribution in [1.29, 1.82) is 0 Å². The lowest BCUT2D eigenvalue weighted by Crippen LogP contribution is -2.62. The molecule has 0 aliphatic carbocycles. The zero-order valence-electron chi connectivity index (χ0n) is 29.8. The Bertz CT molecular complexity index is 1970. The molecule has 0 unspecified atom stereocenters. The second kappa shape index (κ2) is 11.4. The van der Waals surface area contributed by atoms with Crippen LogP contribution in [-0.2, 0) is 10.8 Å². The van der Waals surface area contributed by atoms with Gasteiger partial charge < -0.3 is 9.80 Å². The summed E-state index contributed by atoms with van der Waals surface area (Å²) >= 11 is 0. The molecule has 0 spiro atoms. The highest BCUT2D eigenvalue weighted by Crippen LogP contribution is 2.44. The summed E-state index contributed by atoms with van der Waals surface area (Å²) in [6.07, 6.45) is 0. The molecule has 0 saturated heterocycles. The highest BCUT2D eigenvalue weighted by molar-refractivity contribution is 7.00. The second-order valence-corrected chi connectivity index (χ2v) is 21.1. The largest absolute Gasteiger partial charge is 0.311 e. The van der Waals surface area contributed by atoms with Crippen molar-refractivity contribution in [2.45, 2.75) is 78.6 Å². The van der Waals surface area contributed by atoms with Crippen molar-refractivity contribution in [3.05, 3.63) is 114 Å². The van der Waals surface area contributed by atoms with Gasteiger partial charge in [0.15, 0.2) is 0 Å². The van der Waals surface area contributed by atoms with Crippen LogP contribution in [-0.4, -0.2) is 24.3 Å². The Hall–Kier alpha value is -3.80. The van der Waals surface area contributed by atoms with E-state index in [9.17, 15) is 0 Å². The Morgan fingerprint density at radius 3 is 1.43 bits per heavy atom. The summed E-state index contributed by atoms with van der Waals surface area (Å²) < 4.78 is 0. The molecule has 2 aliphatic rings. The summed E-state index contributed by atoms with van der Waals surface area (Å²) in [4.78, 5) is 5.06. The fraction of sp³-hybridized carbons (Fsp3) is 0.286. The third-order valence-electron chi connectivity index (χ3n) is 10.1. The fourth-order valence-electron chi connectivity index (χ4n) is 7.33. The average molecular weight is 647 g/mol. The van der Waals surface area contributed by atoms with E-state index in [-0.39, 0.29) is 17.5 Å². The van der Waals surface area contributed by atoms with E-state index in [1.165, 1.54) is 72.0 Å². The molecular formula is C42H47BN2Si2. The first-order chi connectivity index (χ1) is 22.2. The smallest absolute Gasteiger partial charge is 0.252 e. The van der Waals surface area contributed by atoms with Crippen molar-refractivity contribution in [2.75, 3.05) is 9.80 Å². The second-order valence-electron chi connectivity index (χ2n) is 16.0. The van der Waals surface area contributed by atoms with Gasteiger partial charge in [-0.1, -0.05) is 133 Å². The van der Waals surface area contributed by atoms with Crippen molar-refractivity contribution in [3.63, 3.8) is 0 Å². The van der Waals surface area contributed by atoms with Gasteiger partial charge in [-0.3, -0.25) is 0 Å². The quantitative estimate of drug-likeness (QED) is 0.178. The number of rotatable bonds is 4. The molecule has 0 amide bonds. The third kappa shape index (κ3) is 5.42. The van der Waals surface area contributed by atoms with Gasteiger partial charge in [-0.05, 0) is 86.9 Å². The summed E-state index contributed by atoms with van der Waals surface area (Å²) in [5.74, 6) is 0. The van der Waals surface area contributed by atoms with Crippen LogP contribution in [0.2, 0.25) is 26.2 Å². The number of fused-ring (bicyclic) bond motifs is 4. The molecule has 5 heteroatoms. The van der Waals surface area contributed by atoms with E-state index in [1.54, 1.807) is 0 Å². The fourth-order valence-corrected chi connectivity index (χ4v) is 9.03. The minimum Gasteiger partial charge on any atom is -0.311 e. The summed E-state index contributed by atoms with van der Waals surface area (Å²) in [6.45, 7) is 23.6. The molecule has 7 rings (SSSR count). The molecule has 2 nitrogen and oxygen atoms in total. The van der Waals surface area contributed by atoms with Crippen LogP contribution in [0.5, 0.6) is 0 Å². The van der Waals surface area contributed by atoms with Crippen molar-refractivity contribution < 1.29 is 0 Å². The molecule has 2 radical (unpaired) electrons.